The van der Waals surface area contributed by atoms with Gasteiger partial charge in [0.05, 0.1) is 0 Å². The fraction of sp³-hybridized carbons (Fsp3) is 0.200. The van der Waals surface area contributed by atoms with Crippen LogP contribution in [0.15, 0.2) is 41.3 Å². The van der Waals surface area contributed by atoms with Gasteiger partial charge >= 0.3 is 0 Å². The lowest BCUT2D eigenvalue weighted by Crippen LogP contribution is -1.93. The van der Waals surface area contributed by atoms with Gasteiger partial charge in [-0.3, -0.25) is 0 Å². The van der Waals surface area contributed by atoms with Crippen LogP contribution in [0.3, 0.4) is 0 Å². The van der Waals surface area contributed by atoms with Crippen LogP contribution in [0.5, 0.6) is 0 Å². The first-order valence-electron chi connectivity index (χ1n) is 5.80. The molecule has 0 aliphatic rings. The van der Waals surface area contributed by atoms with Gasteiger partial charge in [0.25, 0.3) is 0 Å². The second-order valence-corrected chi connectivity index (χ2v) is 5.43. The van der Waals surface area contributed by atoms with E-state index in [4.69, 9.17) is 5.73 Å². The van der Waals surface area contributed by atoms with E-state index in [-0.39, 0.29) is 5.82 Å². The van der Waals surface area contributed by atoms with Crippen LogP contribution in [-0.2, 0) is 5.75 Å². The highest BCUT2D eigenvalue weighted by Crippen LogP contribution is 2.27. The molecule has 2 aromatic rings. The third kappa shape index (κ3) is 3.05. The number of nitrogen functional groups attached to an aromatic ring is 1. The van der Waals surface area contributed by atoms with E-state index in [1.165, 1.54) is 28.2 Å². The van der Waals surface area contributed by atoms with E-state index in [9.17, 15) is 4.39 Å². The van der Waals surface area contributed by atoms with Crippen molar-refractivity contribution in [3.63, 3.8) is 0 Å². The lowest BCUT2D eigenvalue weighted by molar-refractivity contribution is 0.627. The molecule has 1 nitrogen and oxygen atoms in total. The van der Waals surface area contributed by atoms with E-state index in [2.05, 4.69) is 32.0 Å². The van der Waals surface area contributed by atoms with Crippen LogP contribution in [0, 0.1) is 19.7 Å². The Bertz CT molecular complexity index is 566. The molecule has 3 heteroatoms. The second-order valence-electron chi connectivity index (χ2n) is 4.38. The Labute approximate surface area is 111 Å². The second kappa shape index (κ2) is 5.44. The van der Waals surface area contributed by atoms with E-state index < -0.39 is 0 Å². The predicted octanol–water partition coefficient (Wildman–Crippen LogP) is 4.32. The number of anilines is 1. The number of rotatable bonds is 3. The van der Waals surface area contributed by atoms with Crippen molar-refractivity contribution in [2.45, 2.75) is 24.5 Å². The first-order valence-corrected chi connectivity index (χ1v) is 6.79. The van der Waals surface area contributed by atoms with Crippen molar-refractivity contribution in [1.29, 1.82) is 0 Å². The van der Waals surface area contributed by atoms with Crippen molar-refractivity contribution >= 4 is 17.4 Å². The maximum absolute atomic E-state index is 13.1. The summed E-state index contributed by atoms with van der Waals surface area (Å²) < 4.78 is 13.1. The first kappa shape index (κ1) is 13.0. The minimum atomic E-state index is -0.236. The smallest absolute Gasteiger partial charge is 0.123 e. The minimum absolute atomic E-state index is 0.236. The number of hydrogen-bond acceptors (Lipinski definition) is 2. The molecule has 0 spiro atoms. The van der Waals surface area contributed by atoms with Gasteiger partial charge in [-0.25, -0.2) is 4.39 Å². The molecule has 0 radical (unpaired) electrons. The molecule has 0 aliphatic carbocycles. The number of aryl methyl sites for hydroxylation is 2. The summed E-state index contributed by atoms with van der Waals surface area (Å²) in [5, 5.41) is 0. The summed E-state index contributed by atoms with van der Waals surface area (Å²) in [6.45, 7) is 4.18. The Morgan fingerprint density at radius 1 is 1.06 bits per heavy atom. The van der Waals surface area contributed by atoms with Gasteiger partial charge in [-0.1, -0.05) is 6.07 Å². The predicted molar refractivity (Wildman–Crippen MR) is 76.3 cm³/mol. The summed E-state index contributed by atoms with van der Waals surface area (Å²) >= 11 is 1.67. The normalized spacial score (nSPS) is 10.6. The number of thioether (sulfide) groups is 1. The van der Waals surface area contributed by atoms with Gasteiger partial charge in [-0.2, -0.15) is 0 Å². The molecular formula is C15H16FNS. The molecule has 0 saturated carbocycles. The standard InChI is InChI=1S/C15H16FNS/c1-10-3-5-14(7-11(10)2)18-9-12-8-13(16)4-6-15(12)17/h3-8H,9,17H2,1-2H3. The van der Waals surface area contributed by atoms with Crippen molar-refractivity contribution in [1.82, 2.24) is 0 Å². The highest BCUT2D eigenvalue weighted by molar-refractivity contribution is 7.98. The zero-order chi connectivity index (χ0) is 13.1. The van der Waals surface area contributed by atoms with Crippen molar-refractivity contribution in [2.24, 2.45) is 0 Å². The van der Waals surface area contributed by atoms with Crippen LogP contribution in [-0.4, -0.2) is 0 Å². The molecule has 0 saturated heterocycles. The maximum Gasteiger partial charge on any atom is 0.123 e. The van der Waals surface area contributed by atoms with E-state index >= 15 is 0 Å². The summed E-state index contributed by atoms with van der Waals surface area (Å²) in [5.41, 5.74) is 9.87. The van der Waals surface area contributed by atoms with Gasteiger partial charge in [0.15, 0.2) is 0 Å². The minimum Gasteiger partial charge on any atom is -0.398 e. The zero-order valence-electron chi connectivity index (χ0n) is 10.5. The summed E-state index contributed by atoms with van der Waals surface area (Å²) in [5.74, 6) is 0.450. The fourth-order valence-electron chi connectivity index (χ4n) is 1.66. The van der Waals surface area contributed by atoms with Crippen LogP contribution < -0.4 is 5.73 Å². The molecule has 2 rings (SSSR count). The Morgan fingerprint density at radius 2 is 1.83 bits per heavy atom. The molecule has 0 aliphatic heterocycles. The first-order chi connectivity index (χ1) is 8.56. The van der Waals surface area contributed by atoms with Gasteiger partial charge in [-0.05, 0) is 60.9 Å². The summed E-state index contributed by atoms with van der Waals surface area (Å²) in [6.07, 6.45) is 0. The van der Waals surface area contributed by atoms with Crippen molar-refractivity contribution in [3.8, 4) is 0 Å². The molecule has 2 aromatic carbocycles. The van der Waals surface area contributed by atoms with Crippen LogP contribution in [0.25, 0.3) is 0 Å². The van der Waals surface area contributed by atoms with Crippen LogP contribution in [0.4, 0.5) is 10.1 Å². The van der Waals surface area contributed by atoms with E-state index in [1.807, 2.05) is 0 Å². The lowest BCUT2D eigenvalue weighted by atomic mass is 10.1. The molecule has 0 bridgehead atoms. The van der Waals surface area contributed by atoms with Crippen LogP contribution in [0.1, 0.15) is 16.7 Å². The lowest BCUT2D eigenvalue weighted by Gasteiger charge is -2.07. The molecule has 0 atom stereocenters. The Hall–Kier alpha value is -1.48. The Balaban J connectivity index is 2.11. The van der Waals surface area contributed by atoms with Crippen molar-refractivity contribution in [2.75, 3.05) is 5.73 Å². The molecule has 18 heavy (non-hydrogen) atoms. The average molecular weight is 261 g/mol. The highest BCUT2D eigenvalue weighted by Gasteiger charge is 2.03. The molecule has 0 amide bonds. The van der Waals surface area contributed by atoms with E-state index in [0.717, 1.165) is 5.56 Å². The van der Waals surface area contributed by atoms with Crippen molar-refractivity contribution in [3.05, 3.63) is 58.9 Å². The van der Waals surface area contributed by atoms with E-state index in [0.29, 0.717) is 11.4 Å². The quantitative estimate of drug-likeness (QED) is 0.658. The highest BCUT2D eigenvalue weighted by atomic mass is 32.2. The van der Waals surface area contributed by atoms with Gasteiger partial charge in [0, 0.05) is 16.3 Å². The van der Waals surface area contributed by atoms with Gasteiger partial charge in [0.1, 0.15) is 5.82 Å². The monoisotopic (exact) mass is 261 g/mol. The molecule has 0 aromatic heterocycles. The van der Waals surface area contributed by atoms with Crippen LogP contribution in [0.2, 0.25) is 0 Å². The maximum atomic E-state index is 13.1. The number of halogens is 1. The number of benzene rings is 2. The largest absolute Gasteiger partial charge is 0.398 e. The third-order valence-corrected chi connectivity index (χ3v) is 4.02. The summed E-state index contributed by atoms with van der Waals surface area (Å²) in [6, 6.07) is 10.8. The summed E-state index contributed by atoms with van der Waals surface area (Å²) in [7, 11) is 0. The Morgan fingerprint density at radius 3 is 2.56 bits per heavy atom. The number of nitrogens with two attached hydrogens (primary N) is 1. The average Bonchev–Trinajstić information content (AvgIpc) is 2.34. The molecule has 2 N–H and O–H groups in total. The molecule has 0 unspecified atom stereocenters. The zero-order valence-corrected chi connectivity index (χ0v) is 11.4. The molecular weight excluding hydrogens is 245 g/mol. The van der Waals surface area contributed by atoms with Crippen molar-refractivity contribution < 1.29 is 4.39 Å². The van der Waals surface area contributed by atoms with Gasteiger partial charge < -0.3 is 5.73 Å². The number of hydrogen-bond donors (Lipinski definition) is 1. The topological polar surface area (TPSA) is 26.0 Å². The molecule has 0 heterocycles. The fourth-order valence-corrected chi connectivity index (χ4v) is 2.66. The Kier molecular flexibility index (Phi) is 3.92. The van der Waals surface area contributed by atoms with Gasteiger partial charge in [0.2, 0.25) is 0 Å². The molecule has 94 valence electrons. The van der Waals surface area contributed by atoms with Crippen LogP contribution >= 0.6 is 11.8 Å². The summed E-state index contributed by atoms with van der Waals surface area (Å²) in [4.78, 5) is 1.18. The van der Waals surface area contributed by atoms with E-state index in [1.54, 1.807) is 17.8 Å². The van der Waals surface area contributed by atoms with Gasteiger partial charge in [-0.15, -0.1) is 11.8 Å². The third-order valence-electron chi connectivity index (χ3n) is 2.98. The SMILES string of the molecule is Cc1ccc(SCc2cc(F)ccc2N)cc1C. The molecule has 0 fully saturated rings.